The fraction of sp³-hybridized carbons (Fsp3) is 0.571. The number of halogens is 2. The van der Waals surface area contributed by atoms with E-state index in [0.717, 1.165) is 31.2 Å². The normalized spacial score (nSPS) is 20.0. The van der Waals surface area contributed by atoms with Crippen LogP contribution in [-0.2, 0) is 11.2 Å². The molecule has 1 atom stereocenters. The van der Waals surface area contributed by atoms with Crippen LogP contribution in [0.4, 0.5) is 0 Å². The molecule has 2 rings (SSSR count). The predicted molar refractivity (Wildman–Crippen MR) is 74.4 cm³/mol. The molecule has 0 aliphatic heterocycles. The average Bonchev–Trinajstić information content (AvgIpc) is 2.82. The molecule has 18 heavy (non-hydrogen) atoms. The molecule has 1 aliphatic rings. The fourth-order valence-electron chi connectivity index (χ4n) is 2.73. The van der Waals surface area contributed by atoms with Gasteiger partial charge in [0.05, 0.1) is 11.7 Å². The molecule has 1 aromatic carbocycles. The molecule has 4 heteroatoms. The number of aliphatic hydroxyl groups excluding tert-OH is 1. The molecule has 0 heterocycles. The van der Waals surface area contributed by atoms with E-state index in [1.807, 2.05) is 6.07 Å². The lowest BCUT2D eigenvalue weighted by Crippen LogP contribution is -2.42. The lowest BCUT2D eigenvalue weighted by Gasteiger charge is -2.33. The largest absolute Gasteiger partial charge is 0.390 e. The third-order valence-electron chi connectivity index (χ3n) is 3.89. The van der Waals surface area contributed by atoms with Gasteiger partial charge in [-0.05, 0) is 30.5 Å². The SMILES string of the molecule is COC1(C(O)Cc2ccc(Cl)cc2Cl)CCCC1. The standard InChI is InChI=1S/C14H18Cl2O2/c1-18-14(6-2-3-7-14)13(17)8-10-4-5-11(15)9-12(10)16/h4-5,9,13,17H,2-3,6-8H2,1H3. The van der Waals surface area contributed by atoms with Gasteiger partial charge in [0.15, 0.2) is 0 Å². The van der Waals surface area contributed by atoms with Crippen molar-refractivity contribution in [1.82, 2.24) is 0 Å². The van der Waals surface area contributed by atoms with Crippen LogP contribution in [0, 0.1) is 0 Å². The molecule has 0 spiro atoms. The zero-order valence-electron chi connectivity index (χ0n) is 10.5. The third-order valence-corrected chi connectivity index (χ3v) is 4.48. The summed E-state index contributed by atoms with van der Waals surface area (Å²) in [6.07, 6.45) is 4.03. The van der Waals surface area contributed by atoms with Crippen molar-refractivity contribution in [3.63, 3.8) is 0 Å². The Labute approximate surface area is 118 Å². The summed E-state index contributed by atoms with van der Waals surface area (Å²) in [4.78, 5) is 0. The number of ether oxygens (including phenoxy) is 1. The number of hydrogen-bond acceptors (Lipinski definition) is 2. The van der Waals surface area contributed by atoms with Gasteiger partial charge < -0.3 is 9.84 Å². The van der Waals surface area contributed by atoms with Crippen molar-refractivity contribution in [2.45, 2.75) is 43.8 Å². The Morgan fingerprint density at radius 1 is 1.33 bits per heavy atom. The van der Waals surface area contributed by atoms with Crippen LogP contribution in [0.5, 0.6) is 0 Å². The monoisotopic (exact) mass is 288 g/mol. The first kappa shape index (κ1) is 14.1. The first-order chi connectivity index (χ1) is 8.57. The minimum atomic E-state index is -0.524. The highest BCUT2D eigenvalue weighted by Gasteiger charge is 2.40. The average molecular weight is 289 g/mol. The van der Waals surface area contributed by atoms with Crippen molar-refractivity contribution in [2.75, 3.05) is 7.11 Å². The first-order valence-electron chi connectivity index (χ1n) is 6.24. The summed E-state index contributed by atoms with van der Waals surface area (Å²) >= 11 is 12.0. The summed E-state index contributed by atoms with van der Waals surface area (Å²) in [6, 6.07) is 5.37. The lowest BCUT2D eigenvalue weighted by atomic mass is 9.90. The highest BCUT2D eigenvalue weighted by molar-refractivity contribution is 6.35. The molecular weight excluding hydrogens is 271 g/mol. The molecular formula is C14H18Cl2O2. The summed E-state index contributed by atoms with van der Waals surface area (Å²) in [7, 11) is 1.68. The second-order valence-corrected chi connectivity index (χ2v) is 5.78. The van der Waals surface area contributed by atoms with Gasteiger partial charge in [0.2, 0.25) is 0 Å². The molecule has 1 N–H and O–H groups in total. The Bertz CT molecular complexity index is 414. The van der Waals surface area contributed by atoms with E-state index in [9.17, 15) is 5.11 Å². The van der Waals surface area contributed by atoms with Gasteiger partial charge in [-0.25, -0.2) is 0 Å². The van der Waals surface area contributed by atoms with Gasteiger partial charge >= 0.3 is 0 Å². The highest BCUT2D eigenvalue weighted by atomic mass is 35.5. The van der Waals surface area contributed by atoms with Crippen molar-refractivity contribution < 1.29 is 9.84 Å². The Kier molecular flexibility index (Phi) is 4.54. The van der Waals surface area contributed by atoms with Crippen LogP contribution in [0.1, 0.15) is 31.2 Å². The summed E-state index contributed by atoms with van der Waals surface area (Å²) < 4.78 is 5.58. The predicted octanol–water partition coefficient (Wildman–Crippen LogP) is 3.86. The van der Waals surface area contributed by atoms with Crippen LogP contribution in [0.15, 0.2) is 18.2 Å². The minimum Gasteiger partial charge on any atom is -0.390 e. The van der Waals surface area contributed by atoms with Crippen molar-refractivity contribution in [3.05, 3.63) is 33.8 Å². The second-order valence-electron chi connectivity index (χ2n) is 4.93. The molecule has 1 saturated carbocycles. The maximum Gasteiger partial charge on any atom is 0.0939 e. The third kappa shape index (κ3) is 2.83. The van der Waals surface area contributed by atoms with Crippen molar-refractivity contribution in [2.24, 2.45) is 0 Å². The van der Waals surface area contributed by atoms with Gasteiger partial charge in [0.1, 0.15) is 0 Å². The summed E-state index contributed by atoms with van der Waals surface area (Å²) in [5.74, 6) is 0. The molecule has 0 saturated heterocycles. The molecule has 0 aromatic heterocycles. The van der Waals surface area contributed by atoms with Gasteiger partial charge in [-0.3, -0.25) is 0 Å². The van der Waals surface area contributed by atoms with Crippen molar-refractivity contribution >= 4 is 23.2 Å². The fourth-order valence-corrected chi connectivity index (χ4v) is 3.21. The molecule has 1 unspecified atom stereocenters. The quantitative estimate of drug-likeness (QED) is 0.912. The zero-order chi connectivity index (χ0) is 13.2. The molecule has 0 amide bonds. The van der Waals surface area contributed by atoms with E-state index in [4.69, 9.17) is 27.9 Å². The van der Waals surface area contributed by atoms with E-state index in [0.29, 0.717) is 16.5 Å². The van der Waals surface area contributed by atoms with E-state index >= 15 is 0 Å². The Morgan fingerprint density at radius 2 is 2.00 bits per heavy atom. The Hall–Kier alpha value is -0.280. The van der Waals surface area contributed by atoms with Gasteiger partial charge in [-0.1, -0.05) is 42.1 Å². The van der Waals surface area contributed by atoms with Crippen molar-refractivity contribution in [1.29, 1.82) is 0 Å². The maximum absolute atomic E-state index is 10.4. The maximum atomic E-state index is 10.4. The van der Waals surface area contributed by atoms with Gasteiger partial charge in [0.25, 0.3) is 0 Å². The van der Waals surface area contributed by atoms with Crippen LogP contribution < -0.4 is 0 Å². The van der Waals surface area contributed by atoms with Crippen LogP contribution in [0.25, 0.3) is 0 Å². The zero-order valence-corrected chi connectivity index (χ0v) is 12.0. The minimum absolute atomic E-state index is 0.400. The van der Waals surface area contributed by atoms with E-state index in [1.165, 1.54) is 0 Å². The number of rotatable bonds is 4. The molecule has 1 aliphatic carbocycles. The smallest absolute Gasteiger partial charge is 0.0939 e. The van der Waals surface area contributed by atoms with Crippen LogP contribution in [0.3, 0.4) is 0 Å². The molecule has 0 radical (unpaired) electrons. The van der Waals surface area contributed by atoms with E-state index in [2.05, 4.69) is 0 Å². The Morgan fingerprint density at radius 3 is 2.56 bits per heavy atom. The summed E-state index contributed by atoms with van der Waals surface area (Å²) in [5.41, 5.74) is 0.514. The number of methoxy groups -OCH3 is 1. The van der Waals surface area contributed by atoms with Gasteiger partial charge in [-0.2, -0.15) is 0 Å². The van der Waals surface area contributed by atoms with E-state index in [1.54, 1.807) is 19.2 Å². The van der Waals surface area contributed by atoms with Crippen LogP contribution in [-0.4, -0.2) is 23.9 Å². The Balaban J connectivity index is 2.12. The second kappa shape index (κ2) is 5.79. The molecule has 1 fully saturated rings. The first-order valence-corrected chi connectivity index (χ1v) is 7.00. The number of benzene rings is 1. The molecule has 100 valence electrons. The highest BCUT2D eigenvalue weighted by Crippen LogP contribution is 2.37. The van der Waals surface area contributed by atoms with Gasteiger partial charge in [0, 0.05) is 23.6 Å². The summed E-state index contributed by atoms with van der Waals surface area (Å²) in [6.45, 7) is 0. The molecule has 0 bridgehead atoms. The molecule has 1 aromatic rings. The van der Waals surface area contributed by atoms with Crippen LogP contribution >= 0.6 is 23.2 Å². The summed E-state index contributed by atoms with van der Waals surface area (Å²) in [5, 5.41) is 11.6. The number of aliphatic hydroxyl groups is 1. The molecule has 2 nitrogen and oxygen atoms in total. The van der Waals surface area contributed by atoms with Crippen molar-refractivity contribution in [3.8, 4) is 0 Å². The number of hydrogen-bond donors (Lipinski definition) is 1. The van der Waals surface area contributed by atoms with E-state index < -0.39 is 11.7 Å². The van der Waals surface area contributed by atoms with E-state index in [-0.39, 0.29) is 0 Å². The topological polar surface area (TPSA) is 29.5 Å². The van der Waals surface area contributed by atoms with Gasteiger partial charge in [-0.15, -0.1) is 0 Å². The lowest BCUT2D eigenvalue weighted by molar-refractivity contribution is -0.0971. The van der Waals surface area contributed by atoms with Crippen LogP contribution in [0.2, 0.25) is 10.0 Å².